The van der Waals surface area contributed by atoms with E-state index in [9.17, 15) is 9.59 Å². The first-order chi connectivity index (χ1) is 12.2. The molecule has 5 nitrogen and oxygen atoms in total. The second-order valence-electron chi connectivity index (χ2n) is 5.02. The monoisotopic (exact) mass is 353 g/mol. The molecule has 1 aromatic heterocycles. The van der Waals surface area contributed by atoms with Crippen molar-refractivity contribution >= 4 is 24.0 Å². The van der Waals surface area contributed by atoms with Crippen LogP contribution in [0.1, 0.15) is 10.4 Å². The third-order valence-corrected chi connectivity index (χ3v) is 3.53. The fourth-order valence-corrected chi connectivity index (χ4v) is 2.39. The molecular formula is C19H12ClNO4. The molecule has 0 fully saturated rings. The van der Waals surface area contributed by atoms with Crippen molar-refractivity contribution in [3.8, 4) is 22.8 Å². The average Bonchev–Trinajstić information content (AvgIpc) is 2.62. The Morgan fingerprint density at radius 1 is 1.00 bits per heavy atom. The summed E-state index contributed by atoms with van der Waals surface area (Å²) in [5.74, 6) is -0.240. The molecule has 0 unspecified atom stereocenters. The number of carbonyl (C=O) groups is 2. The molecule has 0 amide bonds. The summed E-state index contributed by atoms with van der Waals surface area (Å²) < 4.78 is 9.97. The van der Waals surface area contributed by atoms with Gasteiger partial charge in [-0.25, -0.2) is 4.79 Å². The molecule has 6 heteroatoms. The molecule has 0 atom stereocenters. The lowest BCUT2D eigenvalue weighted by Crippen LogP contribution is -2.09. The van der Waals surface area contributed by atoms with E-state index in [1.165, 1.54) is 24.4 Å². The number of halogens is 1. The summed E-state index contributed by atoms with van der Waals surface area (Å²) in [4.78, 5) is 26.9. The van der Waals surface area contributed by atoms with Gasteiger partial charge in [0.25, 0.3) is 6.47 Å². The molecule has 0 aliphatic carbocycles. The van der Waals surface area contributed by atoms with Gasteiger partial charge in [-0.15, -0.1) is 0 Å². The summed E-state index contributed by atoms with van der Waals surface area (Å²) in [5.41, 5.74) is 1.99. The SMILES string of the molecule is O=COc1cc(Cl)cc(OC(=O)c2ccc(-c3ccccc3)nc2)c1. The van der Waals surface area contributed by atoms with Crippen molar-refractivity contribution in [1.82, 2.24) is 4.98 Å². The van der Waals surface area contributed by atoms with Crippen LogP contribution >= 0.6 is 11.6 Å². The van der Waals surface area contributed by atoms with Crippen molar-refractivity contribution in [2.24, 2.45) is 0 Å². The zero-order valence-electron chi connectivity index (χ0n) is 12.9. The predicted octanol–water partition coefficient (Wildman–Crippen LogP) is 4.16. The molecule has 0 N–H and O–H groups in total. The zero-order valence-corrected chi connectivity index (χ0v) is 13.6. The van der Waals surface area contributed by atoms with Crippen molar-refractivity contribution in [2.45, 2.75) is 0 Å². The second kappa shape index (κ2) is 7.59. The topological polar surface area (TPSA) is 65.5 Å². The standard InChI is InChI=1S/C19H12ClNO4/c20-15-8-16(24-12-22)10-17(9-15)25-19(23)14-6-7-18(21-11-14)13-4-2-1-3-5-13/h1-12H. The minimum absolute atomic E-state index is 0.168. The molecule has 0 saturated carbocycles. The van der Waals surface area contributed by atoms with E-state index in [4.69, 9.17) is 21.1 Å². The Morgan fingerprint density at radius 3 is 2.44 bits per heavy atom. The van der Waals surface area contributed by atoms with Crippen LogP contribution in [0.5, 0.6) is 11.5 Å². The zero-order chi connectivity index (χ0) is 17.6. The van der Waals surface area contributed by atoms with Crippen LogP contribution in [0, 0.1) is 0 Å². The van der Waals surface area contributed by atoms with Crippen molar-refractivity contribution in [3.63, 3.8) is 0 Å². The normalized spacial score (nSPS) is 10.1. The Morgan fingerprint density at radius 2 is 1.76 bits per heavy atom. The lowest BCUT2D eigenvalue weighted by atomic mass is 10.1. The third-order valence-electron chi connectivity index (χ3n) is 3.31. The number of benzene rings is 2. The predicted molar refractivity (Wildman–Crippen MR) is 92.8 cm³/mol. The van der Waals surface area contributed by atoms with Gasteiger partial charge in [-0.1, -0.05) is 41.9 Å². The molecule has 0 spiro atoms. The molecule has 25 heavy (non-hydrogen) atoms. The van der Waals surface area contributed by atoms with Crippen molar-refractivity contribution in [3.05, 3.63) is 77.4 Å². The van der Waals surface area contributed by atoms with Gasteiger partial charge in [0, 0.05) is 22.8 Å². The molecule has 0 radical (unpaired) electrons. The molecule has 0 aliphatic rings. The molecular weight excluding hydrogens is 342 g/mol. The highest BCUT2D eigenvalue weighted by Crippen LogP contribution is 2.26. The van der Waals surface area contributed by atoms with E-state index in [1.807, 2.05) is 30.3 Å². The number of esters is 1. The van der Waals surface area contributed by atoms with Gasteiger partial charge in [0.1, 0.15) is 11.5 Å². The Bertz CT molecular complexity index is 895. The van der Waals surface area contributed by atoms with Gasteiger partial charge in [-0.05, 0) is 24.3 Å². The highest BCUT2D eigenvalue weighted by Gasteiger charge is 2.11. The van der Waals surface area contributed by atoms with E-state index in [-0.39, 0.29) is 28.6 Å². The second-order valence-corrected chi connectivity index (χ2v) is 5.46. The summed E-state index contributed by atoms with van der Waals surface area (Å²) in [6.07, 6.45) is 1.44. The van der Waals surface area contributed by atoms with Crippen LogP contribution in [0.2, 0.25) is 5.02 Å². The first kappa shape index (κ1) is 16.7. The van der Waals surface area contributed by atoms with Gasteiger partial charge in [0.2, 0.25) is 0 Å². The van der Waals surface area contributed by atoms with E-state index in [0.29, 0.717) is 0 Å². The Kier molecular flexibility index (Phi) is 5.06. The van der Waals surface area contributed by atoms with E-state index in [2.05, 4.69) is 4.98 Å². The fourth-order valence-electron chi connectivity index (χ4n) is 2.18. The molecule has 2 aromatic carbocycles. The number of ether oxygens (including phenoxy) is 2. The first-order valence-electron chi connectivity index (χ1n) is 7.30. The summed E-state index contributed by atoms with van der Waals surface area (Å²) in [5, 5.41) is 0.278. The smallest absolute Gasteiger partial charge is 0.345 e. The van der Waals surface area contributed by atoms with Crippen LogP contribution in [-0.2, 0) is 4.79 Å². The van der Waals surface area contributed by atoms with E-state index < -0.39 is 5.97 Å². The van der Waals surface area contributed by atoms with E-state index >= 15 is 0 Å². The van der Waals surface area contributed by atoms with Crippen LogP contribution in [0.3, 0.4) is 0 Å². The number of hydrogen-bond acceptors (Lipinski definition) is 5. The molecule has 0 bridgehead atoms. The van der Waals surface area contributed by atoms with E-state index in [1.54, 1.807) is 12.1 Å². The lowest BCUT2D eigenvalue weighted by Gasteiger charge is -2.07. The van der Waals surface area contributed by atoms with Gasteiger partial charge in [0.05, 0.1) is 11.3 Å². The van der Waals surface area contributed by atoms with Gasteiger partial charge in [-0.3, -0.25) is 9.78 Å². The summed E-state index contributed by atoms with van der Waals surface area (Å²) in [6.45, 7) is 0.267. The Labute approximate surface area is 148 Å². The van der Waals surface area contributed by atoms with Gasteiger partial charge >= 0.3 is 5.97 Å². The minimum Gasteiger partial charge on any atom is -0.429 e. The van der Waals surface area contributed by atoms with Gasteiger partial charge < -0.3 is 9.47 Å². The summed E-state index contributed by atoms with van der Waals surface area (Å²) >= 11 is 5.90. The van der Waals surface area contributed by atoms with Crippen LogP contribution in [-0.4, -0.2) is 17.4 Å². The number of rotatable bonds is 5. The largest absolute Gasteiger partial charge is 0.429 e. The summed E-state index contributed by atoms with van der Waals surface area (Å²) in [7, 11) is 0. The van der Waals surface area contributed by atoms with Crippen molar-refractivity contribution < 1.29 is 19.1 Å². The summed E-state index contributed by atoms with van der Waals surface area (Å²) in [6, 6.07) is 17.3. The molecule has 0 aliphatic heterocycles. The minimum atomic E-state index is -0.591. The number of pyridine rings is 1. The highest BCUT2D eigenvalue weighted by molar-refractivity contribution is 6.30. The van der Waals surface area contributed by atoms with Crippen molar-refractivity contribution in [1.29, 1.82) is 0 Å². The molecule has 124 valence electrons. The van der Waals surface area contributed by atoms with Crippen LogP contribution in [0.15, 0.2) is 66.9 Å². The number of aromatic nitrogens is 1. The number of hydrogen-bond donors (Lipinski definition) is 0. The van der Waals surface area contributed by atoms with Crippen LogP contribution in [0.4, 0.5) is 0 Å². The number of nitrogens with zero attached hydrogens (tertiary/aromatic N) is 1. The Balaban J connectivity index is 1.76. The quantitative estimate of drug-likeness (QED) is 0.391. The average molecular weight is 354 g/mol. The molecule has 3 rings (SSSR count). The maximum Gasteiger partial charge on any atom is 0.345 e. The fraction of sp³-hybridized carbons (Fsp3) is 0. The maximum atomic E-state index is 12.2. The Hall–Kier alpha value is -3.18. The van der Waals surface area contributed by atoms with Gasteiger partial charge in [-0.2, -0.15) is 0 Å². The lowest BCUT2D eigenvalue weighted by molar-refractivity contribution is -0.120. The molecule has 0 saturated heterocycles. The van der Waals surface area contributed by atoms with Crippen LogP contribution in [0.25, 0.3) is 11.3 Å². The first-order valence-corrected chi connectivity index (χ1v) is 7.68. The highest BCUT2D eigenvalue weighted by atomic mass is 35.5. The van der Waals surface area contributed by atoms with Gasteiger partial charge in [0.15, 0.2) is 0 Å². The molecule has 1 heterocycles. The third kappa shape index (κ3) is 4.22. The van der Waals surface area contributed by atoms with Crippen molar-refractivity contribution in [2.75, 3.05) is 0 Å². The molecule has 3 aromatic rings. The maximum absolute atomic E-state index is 12.2. The van der Waals surface area contributed by atoms with E-state index in [0.717, 1.165) is 11.3 Å². The van der Waals surface area contributed by atoms with Crippen LogP contribution < -0.4 is 9.47 Å². The number of carbonyl (C=O) groups excluding carboxylic acids is 2.